The van der Waals surface area contributed by atoms with Crippen molar-refractivity contribution >= 4 is 23.5 Å². The first-order chi connectivity index (χ1) is 11.0. The van der Waals surface area contributed by atoms with Gasteiger partial charge in [-0.2, -0.15) is 0 Å². The number of hydrogen-bond donors (Lipinski definition) is 0. The zero-order valence-corrected chi connectivity index (χ0v) is 14.3. The van der Waals surface area contributed by atoms with Gasteiger partial charge in [-0.3, -0.25) is 4.99 Å². The van der Waals surface area contributed by atoms with Gasteiger partial charge < -0.3 is 4.57 Å². The number of nitrogens with zero attached hydrogens (tertiary/aromatic N) is 2. The van der Waals surface area contributed by atoms with E-state index in [-0.39, 0.29) is 0 Å². The average Bonchev–Trinajstić information content (AvgIpc) is 2.81. The zero-order valence-electron chi connectivity index (χ0n) is 13.5. The minimum atomic E-state index is 0.741. The predicted octanol–water partition coefficient (Wildman–Crippen LogP) is 5.81. The Hall–Kier alpha value is -2.32. The van der Waals surface area contributed by atoms with Gasteiger partial charge in [0.2, 0.25) is 0 Å². The van der Waals surface area contributed by atoms with E-state index in [1.165, 1.54) is 5.56 Å². The SMILES string of the molecule is Cc1ccc(N=Cc2cc(C)n(-c3cccc(Cl)c3)c2C)cc1. The summed E-state index contributed by atoms with van der Waals surface area (Å²) < 4.78 is 2.20. The summed E-state index contributed by atoms with van der Waals surface area (Å²) >= 11 is 6.12. The third-order valence-corrected chi connectivity index (χ3v) is 4.16. The molecule has 0 saturated heterocycles. The normalized spacial score (nSPS) is 11.3. The van der Waals surface area contributed by atoms with E-state index in [0.29, 0.717) is 0 Å². The molecule has 1 heterocycles. The minimum absolute atomic E-state index is 0.741. The Morgan fingerprint density at radius 2 is 1.70 bits per heavy atom. The molecule has 1 aromatic heterocycles. The molecule has 0 atom stereocenters. The molecule has 0 aliphatic rings. The summed E-state index contributed by atoms with van der Waals surface area (Å²) in [6, 6.07) is 18.2. The minimum Gasteiger partial charge on any atom is -0.318 e. The number of aryl methyl sites for hydroxylation is 2. The maximum atomic E-state index is 6.12. The van der Waals surface area contributed by atoms with Crippen molar-refractivity contribution in [1.82, 2.24) is 4.57 Å². The summed E-state index contributed by atoms with van der Waals surface area (Å²) in [6.45, 7) is 6.27. The number of aliphatic imine (C=N–C) groups is 1. The molecule has 116 valence electrons. The molecule has 23 heavy (non-hydrogen) atoms. The van der Waals surface area contributed by atoms with Gasteiger partial charge in [-0.15, -0.1) is 0 Å². The number of aromatic nitrogens is 1. The van der Waals surface area contributed by atoms with E-state index in [0.717, 1.165) is 33.3 Å². The van der Waals surface area contributed by atoms with Gasteiger partial charge in [-0.25, -0.2) is 0 Å². The maximum Gasteiger partial charge on any atom is 0.0630 e. The monoisotopic (exact) mass is 322 g/mol. The highest BCUT2D eigenvalue weighted by Gasteiger charge is 2.09. The molecule has 0 aliphatic heterocycles. The lowest BCUT2D eigenvalue weighted by molar-refractivity contribution is 0.965. The molecule has 0 amide bonds. The second-order valence-corrected chi connectivity index (χ2v) is 6.17. The van der Waals surface area contributed by atoms with E-state index in [9.17, 15) is 0 Å². The Kier molecular flexibility index (Phi) is 4.35. The first-order valence-corrected chi connectivity index (χ1v) is 7.98. The van der Waals surface area contributed by atoms with Crippen LogP contribution in [0.2, 0.25) is 5.02 Å². The molecular formula is C20H19ClN2. The molecule has 0 spiro atoms. The molecule has 3 heteroatoms. The van der Waals surface area contributed by atoms with Gasteiger partial charge in [0, 0.05) is 33.9 Å². The number of hydrogen-bond acceptors (Lipinski definition) is 1. The van der Waals surface area contributed by atoms with E-state index in [2.05, 4.69) is 54.6 Å². The highest BCUT2D eigenvalue weighted by Crippen LogP contribution is 2.22. The van der Waals surface area contributed by atoms with Gasteiger partial charge in [0.25, 0.3) is 0 Å². The molecule has 0 aliphatic carbocycles. The largest absolute Gasteiger partial charge is 0.318 e. The van der Waals surface area contributed by atoms with Gasteiger partial charge >= 0.3 is 0 Å². The lowest BCUT2D eigenvalue weighted by atomic mass is 10.2. The van der Waals surface area contributed by atoms with Crippen LogP contribution in [0.4, 0.5) is 5.69 Å². The molecule has 3 rings (SSSR count). The highest BCUT2D eigenvalue weighted by molar-refractivity contribution is 6.30. The van der Waals surface area contributed by atoms with Crippen molar-refractivity contribution in [2.75, 3.05) is 0 Å². The summed E-state index contributed by atoms with van der Waals surface area (Å²) in [5.41, 5.74) is 6.70. The van der Waals surface area contributed by atoms with Crippen LogP contribution in [0.3, 0.4) is 0 Å². The summed E-state index contributed by atoms with van der Waals surface area (Å²) in [7, 11) is 0. The molecule has 3 aromatic rings. The fourth-order valence-corrected chi connectivity index (χ4v) is 2.89. The lowest BCUT2D eigenvalue weighted by Gasteiger charge is -2.09. The summed E-state index contributed by atoms with van der Waals surface area (Å²) in [6.07, 6.45) is 1.92. The summed E-state index contributed by atoms with van der Waals surface area (Å²) in [5.74, 6) is 0. The Bertz CT molecular complexity index is 858. The van der Waals surface area contributed by atoms with Crippen LogP contribution in [-0.2, 0) is 0 Å². The smallest absolute Gasteiger partial charge is 0.0630 e. The third-order valence-electron chi connectivity index (χ3n) is 3.92. The Morgan fingerprint density at radius 3 is 2.39 bits per heavy atom. The molecule has 2 nitrogen and oxygen atoms in total. The molecule has 2 aromatic carbocycles. The van der Waals surface area contributed by atoms with E-state index >= 15 is 0 Å². The number of benzene rings is 2. The maximum absolute atomic E-state index is 6.12. The van der Waals surface area contributed by atoms with E-state index in [4.69, 9.17) is 11.6 Å². The standard InChI is InChI=1S/C20H19ClN2/c1-14-7-9-19(10-8-14)22-13-17-11-15(2)23(16(17)3)20-6-4-5-18(21)12-20/h4-13H,1-3H3. The van der Waals surface area contributed by atoms with Gasteiger partial charge in [0.05, 0.1) is 5.69 Å². The van der Waals surface area contributed by atoms with Gasteiger partial charge in [0.1, 0.15) is 0 Å². The van der Waals surface area contributed by atoms with Crippen LogP contribution >= 0.6 is 11.6 Å². The van der Waals surface area contributed by atoms with Crippen LogP contribution < -0.4 is 0 Å². The Balaban J connectivity index is 1.96. The van der Waals surface area contributed by atoms with Crippen LogP contribution in [-0.4, -0.2) is 10.8 Å². The van der Waals surface area contributed by atoms with Crippen LogP contribution in [0, 0.1) is 20.8 Å². The first-order valence-electron chi connectivity index (χ1n) is 7.60. The molecule has 0 fully saturated rings. The summed E-state index contributed by atoms with van der Waals surface area (Å²) in [4.78, 5) is 4.58. The fourth-order valence-electron chi connectivity index (χ4n) is 2.71. The average molecular weight is 323 g/mol. The second-order valence-electron chi connectivity index (χ2n) is 5.74. The third kappa shape index (κ3) is 3.38. The predicted molar refractivity (Wildman–Crippen MR) is 98.7 cm³/mol. The fraction of sp³-hybridized carbons (Fsp3) is 0.150. The van der Waals surface area contributed by atoms with Gasteiger partial charge in [0.15, 0.2) is 0 Å². The van der Waals surface area contributed by atoms with Crippen LogP contribution in [0.15, 0.2) is 59.6 Å². The topological polar surface area (TPSA) is 17.3 Å². The molecule has 0 saturated carbocycles. The first kappa shape index (κ1) is 15.6. The zero-order chi connectivity index (χ0) is 16.4. The molecule has 0 unspecified atom stereocenters. The number of halogens is 1. The van der Waals surface area contributed by atoms with Crippen molar-refractivity contribution in [3.05, 3.63) is 82.1 Å². The quantitative estimate of drug-likeness (QED) is 0.542. The molecular weight excluding hydrogens is 304 g/mol. The molecule has 0 bridgehead atoms. The van der Waals surface area contributed by atoms with Crippen LogP contribution in [0.25, 0.3) is 5.69 Å². The Morgan fingerprint density at radius 1 is 0.957 bits per heavy atom. The molecule has 0 N–H and O–H groups in total. The van der Waals surface area contributed by atoms with Crippen LogP contribution in [0.1, 0.15) is 22.5 Å². The van der Waals surface area contributed by atoms with Crippen molar-refractivity contribution in [3.63, 3.8) is 0 Å². The Labute approximate surface area is 142 Å². The van der Waals surface area contributed by atoms with Gasteiger partial charge in [-0.1, -0.05) is 35.4 Å². The van der Waals surface area contributed by atoms with Crippen LogP contribution in [0.5, 0.6) is 0 Å². The highest BCUT2D eigenvalue weighted by atomic mass is 35.5. The van der Waals surface area contributed by atoms with Crippen molar-refractivity contribution in [2.45, 2.75) is 20.8 Å². The molecule has 0 radical (unpaired) electrons. The number of rotatable bonds is 3. The van der Waals surface area contributed by atoms with Crippen molar-refractivity contribution in [2.24, 2.45) is 4.99 Å². The van der Waals surface area contributed by atoms with Crippen molar-refractivity contribution in [1.29, 1.82) is 0 Å². The van der Waals surface area contributed by atoms with E-state index in [1.54, 1.807) is 0 Å². The second kappa shape index (κ2) is 6.43. The van der Waals surface area contributed by atoms with Crippen molar-refractivity contribution in [3.8, 4) is 5.69 Å². The van der Waals surface area contributed by atoms with E-state index in [1.807, 2.05) is 36.5 Å². The van der Waals surface area contributed by atoms with Crippen molar-refractivity contribution < 1.29 is 0 Å². The van der Waals surface area contributed by atoms with E-state index < -0.39 is 0 Å². The summed E-state index contributed by atoms with van der Waals surface area (Å²) in [5, 5.41) is 0.741. The lowest BCUT2D eigenvalue weighted by Crippen LogP contribution is -1.99. The van der Waals surface area contributed by atoms with Gasteiger partial charge in [-0.05, 0) is 57.2 Å².